The molecular formula is C23H27N3O4S. The molecule has 0 unspecified atom stereocenters. The van der Waals surface area contributed by atoms with Crippen LogP contribution in [0.15, 0.2) is 45.9 Å². The lowest BCUT2D eigenvalue weighted by atomic mass is 10.0. The molecule has 1 aliphatic rings. The first-order valence-electron chi connectivity index (χ1n) is 10.2. The first-order chi connectivity index (χ1) is 14.7. The topological polar surface area (TPSA) is 82.9 Å². The molecule has 1 aromatic heterocycles. The van der Waals surface area contributed by atoms with E-state index in [4.69, 9.17) is 4.42 Å². The molecule has 164 valence electrons. The zero-order chi connectivity index (χ0) is 22.3. The fourth-order valence-corrected chi connectivity index (χ4v) is 4.96. The zero-order valence-corrected chi connectivity index (χ0v) is 19.0. The van der Waals surface area contributed by atoms with Crippen LogP contribution in [-0.2, 0) is 34.1 Å². The van der Waals surface area contributed by atoms with Crippen LogP contribution in [0, 0.1) is 0 Å². The van der Waals surface area contributed by atoms with Crippen LogP contribution in [0.3, 0.4) is 0 Å². The number of carbonyl (C=O) groups is 1. The van der Waals surface area contributed by atoms with E-state index < -0.39 is 10.0 Å². The van der Waals surface area contributed by atoms with Gasteiger partial charge >= 0.3 is 0 Å². The van der Waals surface area contributed by atoms with Gasteiger partial charge in [-0.25, -0.2) is 12.7 Å². The fraction of sp³-hybridized carbons (Fsp3) is 0.348. The van der Waals surface area contributed by atoms with Crippen molar-refractivity contribution in [2.45, 2.75) is 30.6 Å². The SMILES string of the molecule is CN(C)c1ccc(S(=O)(=O)N(C)C)cc1NC(=O)Cc1coc2cc3c(cc12)CCC3. The van der Waals surface area contributed by atoms with Crippen molar-refractivity contribution in [3.63, 3.8) is 0 Å². The molecule has 8 heteroatoms. The molecule has 0 spiro atoms. The van der Waals surface area contributed by atoms with Crippen LogP contribution in [0.25, 0.3) is 11.0 Å². The average Bonchev–Trinajstić information content (AvgIpc) is 3.32. The summed E-state index contributed by atoms with van der Waals surface area (Å²) in [4.78, 5) is 14.9. The molecule has 1 heterocycles. The standard InChI is InChI=1S/C23H27N3O4S/c1-25(2)21-9-8-18(31(28,29)26(3)4)13-20(21)24-23(27)12-17-14-30-22-11-16-7-5-6-15(16)10-19(17)22/h8-11,13-14H,5-7,12H2,1-4H3,(H,24,27). The molecule has 0 saturated heterocycles. The van der Waals surface area contributed by atoms with Crippen molar-refractivity contribution in [3.05, 3.63) is 53.3 Å². The van der Waals surface area contributed by atoms with E-state index in [-0.39, 0.29) is 17.2 Å². The minimum absolute atomic E-state index is 0.128. The Hall–Kier alpha value is -2.84. The normalized spacial score (nSPS) is 13.6. The average molecular weight is 442 g/mol. The number of benzene rings is 2. The smallest absolute Gasteiger partial charge is 0.242 e. The highest BCUT2D eigenvalue weighted by atomic mass is 32.2. The summed E-state index contributed by atoms with van der Waals surface area (Å²) in [6.07, 6.45) is 5.06. The van der Waals surface area contributed by atoms with Gasteiger partial charge in [0.05, 0.1) is 29.0 Å². The summed E-state index contributed by atoms with van der Waals surface area (Å²) in [6.45, 7) is 0. The highest BCUT2D eigenvalue weighted by molar-refractivity contribution is 7.89. The second-order valence-corrected chi connectivity index (χ2v) is 10.5. The molecule has 31 heavy (non-hydrogen) atoms. The predicted octanol–water partition coefficient (Wildman–Crippen LogP) is 3.42. The number of carbonyl (C=O) groups excluding carboxylic acids is 1. The number of fused-ring (bicyclic) bond motifs is 2. The van der Waals surface area contributed by atoms with Gasteiger partial charge in [0.1, 0.15) is 5.58 Å². The van der Waals surface area contributed by atoms with Crippen LogP contribution in [0.2, 0.25) is 0 Å². The molecule has 1 amide bonds. The maximum atomic E-state index is 12.9. The van der Waals surface area contributed by atoms with Crippen molar-refractivity contribution in [2.24, 2.45) is 0 Å². The van der Waals surface area contributed by atoms with Crippen LogP contribution in [0.4, 0.5) is 11.4 Å². The van der Waals surface area contributed by atoms with Crippen molar-refractivity contribution in [1.29, 1.82) is 0 Å². The van der Waals surface area contributed by atoms with Crippen molar-refractivity contribution >= 4 is 38.3 Å². The van der Waals surface area contributed by atoms with Crippen molar-refractivity contribution in [2.75, 3.05) is 38.4 Å². The Morgan fingerprint density at radius 3 is 2.45 bits per heavy atom. The fourth-order valence-electron chi connectivity index (χ4n) is 4.03. The van der Waals surface area contributed by atoms with E-state index in [1.54, 1.807) is 18.4 Å². The lowest BCUT2D eigenvalue weighted by Crippen LogP contribution is -2.23. The minimum atomic E-state index is -3.61. The van der Waals surface area contributed by atoms with Crippen LogP contribution in [0.1, 0.15) is 23.1 Å². The first kappa shape index (κ1) is 21.4. The molecule has 0 radical (unpaired) electrons. The Bertz CT molecular complexity index is 1260. The number of rotatable bonds is 6. The van der Waals surface area contributed by atoms with E-state index >= 15 is 0 Å². The largest absolute Gasteiger partial charge is 0.464 e. The van der Waals surface area contributed by atoms with Gasteiger partial charge in [-0.2, -0.15) is 0 Å². The molecule has 4 rings (SSSR count). The highest BCUT2D eigenvalue weighted by Gasteiger charge is 2.21. The summed E-state index contributed by atoms with van der Waals surface area (Å²) in [6, 6.07) is 8.97. The van der Waals surface area contributed by atoms with E-state index in [9.17, 15) is 13.2 Å². The van der Waals surface area contributed by atoms with Crippen LogP contribution in [-0.4, -0.2) is 46.8 Å². The Balaban J connectivity index is 1.62. The van der Waals surface area contributed by atoms with E-state index in [1.807, 2.05) is 19.0 Å². The van der Waals surface area contributed by atoms with Crippen LogP contribution >= 0.6 is 0 Å². The molecular weight excluding hydrogens is 414 g/mol. The summed E-state index contributed by atoms with van der Waals surface area (Å²) in [7, 11) is 3.03. The molecule has 0 saturated carbocycles. The number of hydrogen-bond donors (Lipinski definition) is 1. The van der Waals surface area contributed by atoms with Gasteiger partial charge in [0.2, 0.25) is 15.9 Å². The third kappa shape index (κ3) is 4.05. The Morgan fingerprint density at radius 2 is 1.77 bits per heavy atom. The van der Waals surface area contributed by atoms with Gasteiger partial charge in [-0.05, 0) is 60.7 Å². The third-order valence-electron chi connectivity index (χ3n) is 5.72. The Labute approximate surface area is 182 Å². The predicted molar refractivity (Wildman–Crippen MR) is 122 cm³/mol. The number of nitrogens with one attached hydrogen (secondary N) is 1. The Kier molecular flexibility index (Phi) is 5.53. The van der Waals surface area contributed by atoms with Gasteiger partial charge in [-0.15, -0.1) is 0 Å². The summed E-state index contributed by atoms with van der Waals surface area (Å²) in [5.74, 6) is -0.231. The third-order valence-corrected chi connectivity index (χ3v) is 7.53. The molecule has 1 N–H and O–H groups in total. The molecule has 0 atom stereocenters. The molecule has 2 aromatic carbocycles. The van der Waals surface area contributed by atoms with E-state index in [1.165, 1.54) is 31.3 Å². The van der Waals surface area contributed by atoms with Crippen molar-refractivity contribution < 1.29 is 17.6 Å². The summed E-state index contributed by atoms with van der Waals surface area (Å²) >= 11 is 0. The summed E-state index contributed by atoms with van der Waals surface area (Å²) in [5.41, 5.74) is 5.45. The number of amides is 1. The first-order valence-corrected chi connectivity index (χ1v) is 11.7. The van der Waals surface area contributed by atoms with Gasteiger partial charge in [-0.1, -0.05) is 0 Å². The number of sulfonamides is 1. The Morgan fingerprint density at radius 1 is 1.06 bits per heavy atom. The number of hydrogen-bond acceptors (Lipinski definition) is 5. The van der Waals surface area contributed by atoms with Gasteiger partial charge in [0, 0.05) is 39.1 Å². The molecule has 0 fully saturated rings. The van der Waals surface area contributed by atoms with E-state index in [2.05, 4.69) is 17.4 Å². The molecule has 0 aliphatic heterocycles. The lowest BCUT2D eigenvalue weighted by molar-refractivity contribution is -0.115. The molecule has 0 bridgehead atoms. The molecule has 7 nitrogen and oxygen atoms in total. The molecule has 3 aromatic rings. The van der Waals surface area contributed by atoms with Gasteiger partial charge in [0.25, 0.3) is 0 Å². The zero-order valence-electron chi connectivity index (χ0n) is 18.2. The summed E-state index contributed by atoms with van der Waals surface area (Å²) in [5, 5.41) is 3.86. The maximum absolute atomic E-state index is 12.9. The highest BCUT2D eigenvalue weighted by Crippen LogP contribution is 2.32. The lowest BCUT2D eigenvalue weighted by Gasteiger charge is -2.20. The quantitative estimate of drug-likeness (QED) is 0.634. The van der Waals surface area contributed by atoms with Crippen LogP contribution < -0.4 is 10.2 Å². The van der Waals surface area contributed by atoms with Crippen LogP contribution in [0.5, 0.6) is 0 Å². The van der Waals surface area contributed by atoms with Gasteiger partial charge in [0.15, 0.2) is 0 Å². The maximum Gasteiger partial charge on any atom is 0.242 e. The second kappa shape index (κ2) is 8.01. The van der Waals surface area contributed by atoms with E-state index in [0.29, 0.717) is 5.69 Å². The monoisotopic (exact) mass is 441 g/mol. The van der Waals surface area contributed by atoms with E-state index in [0.717, 1.165) is 45.8 Å². The number of furan rings is 1. The van der Waals surface area contributed by atoms with Gasteiger partial charge < -0.3 is 14.6 Å². The van der Waals surface area contributed by atoms with Crippen molar-refractivity contribution in [1.82, 2.24) is 4.31 Å². The number of anilines is 2. The molecule has 1 aliphatic carbocycles. The van der Waals surface area contributed by atoms with Crippen molar-refractivity contribution in [3.8, 4) is 0 Å². The number of nitrogens with zero attached hydrogens (tertiary/aromatic N) is 2. The second-order valence-electron chi connectivity index (χ2n) is 8.32. The van der Waals surface area contributed by atoms with Gasteiger partial charge in [-0.3, -0.25) is 4.79 Å². The summed E-state index contributed by atoms with van der Waals surface area (Å²) < 4.78 is 31.9. The number of aryl methyl sites for hydroxylation is 2. The minimum Gasteiger partial charge on any atom is -0.464 e.